The zero-order valence-electron chi connectivity index (χ0n) is 17.0. The van der Waals surface area contributed by atoms with Crippen LogP contribution < -0.4 is 5.32 Å². The number of hydrogen-bond acceptors (Lipinski definition) is 3. The van der Waals surface area contributed by atoms with Gasteiger partial charge in [0, 0.05) is 6.42 Å². The van der Waals surface area contributed by atoms with Gasteiger partial charge in [-0.05, 0) is 38.5 Å². The molecular formula is C20H20ClF4N5O. The lowest BCUT2D eigenvalue weighted by atomic mass is 10.2. The summed E-state index contributed by atoms with van der Waals surface area (Å²) in [5, 5.41) is 10.2. The molecule has 0 aliphatic rings. The second-order valence-corrected chi connectivity index (χ2v) is 7.47. The zero-order valence-corrected chi connectivity index (χ0v) is 17.8. The molecule has 0 saturated heterocycles. The molecular weight excluding hydrogens is 438 g/mol. The summed E-state index contributed by atoms with van der Waals surface area (Å²) in [6, 6.07) is 6.02. The Morgan fingerprint density at radius 1 is 1.06 bits per heavy atom. The van der Waals surface area contributed by atoms with Crippen molar-refractivity contribution in [2.24, 2.45) is 0 Å². The van der Waals surface area contributed by atoms with Gasteiger partial charge in [-0.15, -0.1) is 0 Å². The van der Waals surface area contributed by atoms with Crippen LogP contribution in [-0.4, -0.2) is 25.5 Å². The van der Waals surface area contributed by atoms with Gasteiger partial charge in [0.25, 0.3) is 0 Å². The molecule has 0 aliphatic carbocycles. The molecule has 0 spiro atoms. The summed E-state index contributed by atoms with van der Waals surface area (Å²) in [5.74, 6) is -0.728. The van der Waals surface area contributed by atoms with Gasteiger partial charge in [0.2, 0.25) is 5.91 Å². The van der Waals surface area contributed by atoms with Gasteiger partial charge in [-0.25, -0.2) is 4.39 Å². The summed E-state index contributed by atoms with van der Waals surface area (Å²) in [7, 11) is 0. The SMILES string of the molecule is Cc1nn(Cc2ccc(F)cc2)c(C)c1NC(=O)CCn1nc(C(F)(F)F)c(Cl)c1C. The fraction of sp³-hybridized carbons (Fsp3) is 0.350. The third kappa shape index (κ3) is 5.07. The number of carbonyl (C=O) groups is 1. The number of aryl methyl sites for hydroxylation is 2. The van der Waals surface area contributed by atoms with Crippen LogP contribution in [0.25, 0.3) is 0 Å². The highest BCUT2D eigenvalue weighted by Gasteiger charge is 2.38. The molecule has 0 saturated carbocycles. The number of anilines is 1. The van der Waals surface area contributed by atoms with Crippen LogP contribution in [-0.2, 0) is 24.1 Å². The predicted molar refractivity (Wildman–Crippen MR) is 107 cm³/mol. The van der Waals surface area contributed by atoms with Crippen LogP contribution in [0.15, 0.2) is 24.3 Å². The van der Waals surface area contributed by atoms with Crippen molar-refractivity contribution in [2.75, 3.05) is 5.32 Å². The number of halogens is 5. The molecule has 2 heterocycles. The average molecular weight is 458 g/mol. The van der Waals surface area contributed by atoms with Crippen LogP contribution in [0, 0.1) is 26.6 Å². The first kappa shape index (κ1) is 22.8. The number of alkyl halides is 3. The van der Waals surface area contributed by atoms with Crippen molar-refractivity contribution in [3.63, 3.8) is 0 Å². The Kier molecular flexibility index (Phi) is 6.40. The summed E-state index contributed by atoms with van der Waals surface area (Å²) >= 11 is 5.73. The number of aromatic nitrogens is 4. The molecule has 0 aliphatic heterocycles. The third-order valence-electron chi connectivity index (χ3n) is 4.84. The average Bonchev–Trinajstić information content (AvgIpc) is 3.12. The van der Waals surface area contributed by atoms with Crippen molar-refractivity contribution < 1.29 is 22.4 Å². The first-order valence-corrected chi connectivity index (χ1v) is 9.73. The van der Waals surface area contributed by atoms with Crippen molar-refractivity contribution in [1.29, 1.82) is 0 Å². The Morgan fingerprint density at radius 3 is 2.29 bits per heavy atom. The van der Waals surface area contributed by atoms with Crippen LogP contribution in [0.3, 0.4) is 0 Å². The van der Waals surface area contributed by atoms with Crippen molar-refractivity contribution >= 4 is 23.2 Å². The Balaban J connectivity index is 1.67. The van der Waals surface area contributed by atoms with E-state index in [0.29, 0.717) is 23.6 Å². The molecule has 0 bridgehead atoms. The molecule has 2 aromatic heterocycles. The van der Waals surface area contributed by atoms with Gasteiger partial charge >= 0.3 is 6.18 Å². The van der Waals surface area contributed by atoms with E-state index in [1.807, 2.05) is 0 Å². The van der Waals surface area contributed by atoms with Crippen molar-refractivity contribution in [2.45, 2.75) is 46.5 Å². The van der Waals surface area contributed by atoms with Crippen molar-refractivity contribution in [3.05, 3.63) is 63.4 Å². The molecule has 1 aromatic carbocycles. The molecule has 11 heteroatoms. The Morgan fingerprint density at radius 2 is 1.71 bits per heavy atom. The third-order valence-corrected chi connectivity index (χ3v) is 5.30. The molecule has 3 rings (SSSR count). The van der Waals surface area contributed by atoms with Gasteiger partial charge < -0.3 is 5.32 Å². The molecule has 6 nitrogen and oxygen atoms in total. The molecule has 0 unspecified atom stereocenters. The van der Waals surface area contributed by atoms with Gasteiger partial charge in [0.1, 0.15) is 5.82 Å². The minimum Gasteiger partial charge on any atom is -0.323 e. The fourth-order valence-corrected chi connectivity index (χ4v) is 3.37. The maximum Gasteiger partial charge on any atom is 0.436 e. The van der Waals surface area contributed by atoms with E-state index in [4.69, 9.17) is 11.6 Å². The van der Waals surface area contributed by atoms with Crippen molar-refractivity contribution in [1.82, 2.24) is 19.6 Å². The summed E-state index contributed by atoms with van der Waals surface area (Å²) in [5.41, 5.74) is 1.63. The summed E-state index contributed by atoms with van der Waals surface area (Å²) in [6.45, 7) is 5.27. The van der Waals surface area contributed by atoms with E-state index in [1.54, 1.807) is 30.7 Å². The van der Waals surface area contributed by atoms with Crippen molar-refractivity contribution in [3.8, 4) is 0 Å². The van der Waals surface area contributed by atoms with Gasteiger partial charge in [-0.1, -0.05) is 23.7 Å². The molecule has 0 atom stereocenters. The number of benzene rings is 1. The maximum absolute atomic E-state index is 13.1. The van der Waals surface area contributed by atoms with E-state index < -0.39 is 22.8 Å². The quantitative estimate of drug-likeness (QED) is 0.536. The fourth-order valence-electron chi connectivity index (χ4n) is 3.13. The molecule has 3 aromatic rings. The van der Waals surface area contributed by atoms with E-state index in [2.05, 4.69) is 15.5 Å². The monoisotopic (exact) mass is 457 g/mol. The van der Waals surface area contributed by atoms with Crippen LogP contribution in [0.1, 0.15) is 34.8 Å². The minimum atomic E-state index is -4.66. The highest BCUT2D eigenvalue weighted by Crippen LogP contribution is 2.35. The van der Waals surface area contributed by atoms with Crippen LogP contribution in [0.2, 0.25) is 5.02 Å². The Hall–Kier alpha value is -2.88. The zero-order chi connectivity index (χ0) is 22.9. The van der Waals surface area contributed by atoms with E-state index >= 15 is 0 Å². The largest absolute Gasteiger partial charge is 0.436 e. The lowest BCUT2D eigenvalue weighted by Crippen LogP contribution is -2.17. The topological polar surface area (TPSA) is 64.7 Å². The predicted octanol–water partition coefficient (Wildman–Crippen LogP) is 4.89. The highest BCUT2D eigenvalue weighted by molar-refractivity contribution is 6.31. The number of carbonyl (C=O) groups excluding carboxylic acids is 1. The molecule has 166 valence electrons. The smallest absolute Gasteiger partial charge is 0.323 e. The lowest BCUT2D eigenvalue weighted by Gasteiger charge is -2.08. The van der Waals surface area contributed by atoms with Crippen LogP contribution >= 0.6 is 11.6 Å². The maximum atomic E-state index is 13.1. The highest BCUT2D eigenvalue weighted by atomic mass is 35.5. The lowest BCUT2D eigenvalue weighted by molar-refractivity contribution is -0.141. The van der Waals surface area contributed by atoms with Gasteiger partial charge in [0.15, 0.2) is 5.69 Å². The normalized spacial score (nSPS) is 11.7. The minimum absolute atomic E-state index is 0.0602. The first-order chi connectivity index (χ1) is 14.5. The number of rotatable bonds is 6. The number of nitrogens with one attached hydrogen (secondary N) is 1. The first-order valence-electron chi connectivity index (χ1n) is 9.35. The molecule has 0 radical (unpaired) electrons. The summed E-state index contributed by atoms with van der Waals surface area (Å²) in [6.07, 6.45) is -4.76. The second kappa shape index (κ2) is 8.70. The standard InChI is InChI=1S/C20H20ClF4N5O/c1-11-18(13(3)30(27-11)10-14-4-6-15(22)7-5-14)26-16(31)8-9-29-12(2)17(21)19(28-29)20(23,24)25/h4-7H,8-10H2,1-3H3,(H,26,31). The molecule has 1 N–H and O–H groups in total. The molecule has 1 amide bonds. The number of amides is 1. The number of nitrogens with zero attached hydrogens (tertiary/aromatic N) is 4. The Bertz CT molecular complexity index is 1100. The van der Waals surface area contributed by atoms with E-state index in [9.17, 15) is 22.4 Å². The summed E-state index contributed by atoms with van der Waals surface area (Å²) < 4.78 is 54.6. The number of hydrogen-bond donors (Lipinski definition) is 1. The van der Waals surface area contributed by atoms with Crippen LogP contribution in [0.5, 0.6) is 0 Å². The second-order valence-electron chi connectivity index (χ2n) is 7.10. The molecule has 0 fully saturated rings. The van der Waals surface area contributed by atoms with E-state index in [1.165, 1.54) is 19.1 Å². The molecule has 31 heavy (non-hydrogen) atoms. The van der Waals surface area contributed by atoms with Crippen LogP contribution in [0.4, 0.5) is 23.2 Å². The van der Waals surface area contributed by atoms with E-state index in [0.717, 1.165) is 10.2 Å². The van der Waals surface area contributed by atoms with E-state index in [-0.39, 0.29) is 24.5 Å². The van der Waals surface area contributed by atoms with Gasteiger partial charge in [-0.2, -0.15) is 23.4 Å². The summed E-state index contributed by atoms with van der Waals surface area (Å²) in [4.78, 5) is 12.4. The van der Waals surface area contributed by atoms with Gasteiger partial charge in [-0.3, -0.25) is 14.2 Å². The Labute approximate surface area is 180 Å². The van der Waals surface area contributed by atoms with Gasteiger partial charge in [0.05, 0.1) is 40.9 Å².